The zero-order valence-electron chi connectivity index (χ0n) is 15.0. The summed E-state index contributed by atoms with van der Waals surface area (Å²) in [4.78, 5) is 8.52. The molecule has 0 radical (unpaired) electrons. The van der Waals surface area contributed by atoms with Gasteiger partial charge in [-0.25, -0.2) is 9.97 Å². The fourth-order valence-electron chi connectivity index (χ4n) is 3.29. The van der Waals surface area contributed by atoms with Crippen molar-refractivity contribution in [3.63, 3.8) is 0 Å². The van der Waals surface area contributed by atoms with Gasteiger partial charge < -0.3 is 10.1 Å². The summed E-state index contributed by atoms with van der Waals surface area (Å²) in [5, 5.41) is 0. The Hall–Kier alpha value is -3.35. The molecule has 0 unspecified atom stereocenters. The molecule has 28 heavy (non-hydrogen) atoms. The van der Waals surface area contributed by atoms with E-state index in [1.165, 1.54) is 12.1 Å². The summed E-state index contributed by atoms with van der Waals surface area (Å²) < 4.78 is 40.7. The van der Waals surface area contributed by atoms with Crippen LogP contribution in [0.4, 0.5) is 19.0 Å². The molecule has 0 spiro atoms. The second-order valence-electron chi connectivity index (χ2n) is 6.63. The summed E-state index contributed by atoms with van der Waals surface area (Å²) in [5.74, 6) is 0.207. The molecular formula is C21H17F3N4. The van der Waals surface area contributed by atoms with E-state index in [1.54, 1.807) is 29.2 Å². The summed E-state index contributed by atoms with van der Waals surface area (Å²) in [6, 6.07) is 13.0. The number of benzene rings is 2. The first-order valence-corrected chi connectivity index (χ1v) is 8.69. The van der Waals surface area contributed by atoms with Gasteiger partial charge in [0.1, 0.15) is 17.7 Å². The third kappa shape index (κ3) is 3.19. The van der Waals surface area contributed by atoms with E-state index >= 15 is 0 Å². The first-order chi connectivity index (χ1) is 13.3. The zero-order valence-corrected chi connectivity index (χ0v) is 15.0. The van der Waals surface area contributed by atoms with Crippen LogP contribution in [-0.4, -0.2) is 14.4 Å². The third-order valence-electron chi connectivity index (χ3n) is 4.88. The Labute approximate surface area is 159 Å². The number of hydrogen-bond acceptors (Lipinski definition) is 3. The molecule has 4 rings (SSSR count). The number of fused-ring (bicyclic) bond motifs is 1. The molecule has 2 N–H and O–H groups in total. The normalized spacial score (nSPS) is 13.0. The van der Waals surface area contributed by atoms with E-state index in [4.69, 9.17) is 5.73 Å². The van der Waals surface area contributed by atoms with Crippen molar-refractivity contribution in [2.75, 3.05) is 5.73 Å². The van der Waals surface area contributed by atoms with E-state index in [-0.39, 0.29) is 5.92 Å². The minimum Gasteiger partial charge on any atom is -0.382 e. The van der Waals surface area contributed by atoms with E-state index in [1.807, 2.05) is 31.2 Å². The molecule has 7 heteroatoms. The number of halogens is 3. The lowest BCUT2D eigenvalue weighted by atomic mass is 9.91. The van der Waals surface area contributed by atoms with Gasteiger partial charge >= 0.3 is 6.18 Å². The minimum atomic E-state index is -4.35. The average Bonchev–Trinajstić information content (AvgIpc) is 3.12. The van der Waals surface area contributed by atoms with Gasteiger partial charge in [-0.3, -0.25) is 0 Å². The maximum atomic E-state index is 13.0. The van der Waals surface area contributed by atoms with E-state index in [0.29, 0.717) is 17.1 Å². The number of anilines is 1. The SMILES string of the molecule is C[C@@H](c1ccc(-c2ncn3ccnc(N)c23)cc1)c1cccc(C(F)(F)F)c1. The number of nitrogens with zero attached hydrogens (tertiary/aromatic N) is 3. The number of rotatable bonds is 3. The molecule has 0 aliphatic carbocycles. The van der Waals surface area contributed by atoms with Gasteiger partial charge in [0.05, 0.1) is 11.3 Å². The summed E-state index contributed by atoms with van der Waals surface area (Å²) in [7, 11) is 0. The standard InChI is InChI=1S/C21H17F3N4/c1-13(16-3-2-4-17(11-16)21(22,23)24)14-5-7-15(8-6-14)18-19-20(25)26-9-10-28(19)12-27-18/h2-13H,1H3,(H2,25,26)/t13-/m0/s1. The smallest absolute Gasteiger partial charge is 0.382 e. The van der Waals surface area contributed by atoms with Crippen LogP contribution in [0.3, 0.4) is 0 Å². The van der Waals surface area contributed by atoms with Gasteiger partial charge in [-0.15, -0.1) is 0 Å². The highest BCUT2D eigenvalue weighted by Gasteiger charge is 2.30. The summed E-state index contributed by atoms with van der Waals surface area (Å²) in [6.07, 6.45) is 0.692. The number of imidazole rings is 1. The van der Waals surface area contributed by atoms with Crippen molar-refractivity contribution in [2.45, 2.75) is 19.0 Å². The van der Waals surface area contributed by atoms with Crippen LogP contribution in [0.25, 0.3) is 16.8 Å². The Kier molecular flexibility index (Phi) is 4.30. The molecule has 0 aliphatic heterocycles. The highest BCUT2D eigenvalue weighted by molar-refractivity contribution is 5.84. The molecule has 2 aromatic heterocycles. The van der Waals surface area contributed by atoms with Crippen molar-refractivity contribution in [3.05, 3.63) is 83.9 Å². The van der Waals surface area contributed by atoms with Crippen LogP contribution in [0.15, 0.2) is 67.3 Å². The van der Waals surface area contributed by atoms with Gasteiger partial charge in [-0.2, -0.15) is 13.2 Å². The van der Waals surface area contributed by atoms with E-state index in [2.05, 4.69) is 9.97 Å². The van der Waals surface area contributed by atoms with Crippen LogP contribution < -0.4 is 5.73 Å². The van der Waals surface area contributed by atoms with E-state index < -0.39 is 11.7 Å². The Morgan fingerprint density at radius 2 is 1.75 bits per heavy atom. The molecular weight excluding hydrogens is 365 g/mol. The Bertz CT molecular complexity index is 1130. The quantitative estimate of drug-likeness (QED) is 0.533. The molecule has 2 heterocycles. The minimum absolute atomic E-state index is 0.179. The number of alkyl halides is 3. The van der Waals surface area contributed by atoms with Gasteiger partial charge in [0.2, 0.25) is 0 Å². The Morgan fingerprint density at radius 3 is 2.46 bits per heavy atom. The third-order valence-corrected chi connectivity index (χ3v) is 4.88. The Balaban J connectivity index is 1.66. The topological polar surface area (TPSA) is 56.2 Å². The van der Waals surface area contributed by atoms with Crippen molar-refractivity contribution in [1.82, 2.24) is 14.4 Å². The van der Waals surface area contributed by atoms with E-state index in [9.17, 15) is 13.2 Å². The van der Waals surface area contributed by atoms with Crippen LogP contribution in [0.2, 0.25) is 0 Å². The molecule has 0 aliphatic rings. The second-order valence-corrected chi connectivity index (χ2v) is 6.63. The summed E-state index contributed by atoms with van der Waals surface area (Å²) in [6.45, 7) is 1.89. The lowest BCUT2D eigenvalue weighted by Gasteiger charge is -2.15. The van der Waals surface area contributed by atoms with Gasteiger partial charge in [0, 0.05) is 23.9 Å². The van der Waals surface area contributed by atoms with Gasteiger partial charge in [-0.1, -0.05) is 49.4 Å². The molecule has 0 saturated heterocycles. The van der Waals surface area contributed by atoms with Gasteiger partial charge in [0.15, 0.2) is 0 Å². The fourth-order valence-corrected chi connectivity index (χ4v) is 3.29. The van der Waals surface area contributed by atoms with E-state index in [0.717, 1.165) is 22.7 Å². The molecule has 0 fully saturated rings. The average molecular weight is 382 g/mol. The summed E-state index contributed by atoms with van der Waals surface area (Å²) in [5.41, 5.74) is 9.17. The largest absolute Gasteiger partial charge is 0.416 e. The first-order valence-electron chi connectivity index (χ1n) is 8.69. The monoisotopic (exact) mass is 382 g/mol. The molecule has 4 nitrogen and oxygen atoms in total. The van der Waals surface area contributed by atoms with Gasteiger partial charge in [-0.05, 0) is 17.2 Å². The number of nitrogen functional groups attached to an aromatic ring is 1. The molecule has 1 atom stereocenters. The van der Waals surface area contributed by atoms with Gasteiger partial charge in [0.25, 0.3) is 0 Å². The lowest BCUT2D eigenvalue weighted by molar-refractivity contribution is -0.137. The molecule has 0 saturated carbocycles. The number of aromatic nitrogens is 3. The Morgan fingerprint density at radius 1 is 1.00 bits per heavy atom. The second kappa shape index (κ2) is 6.67. The molecule has 0 bridgehead atoms. The van der Waals surface area contributed by atoms with Crippen molar-refractivity contribution in [2.24, 2.45) is 0 Å². The first kappa shape index (κ1) is 18.0. The highest BCUT2D eigenvalue weighted by Crippen LogP contribution is 2.33. The molecule has 4 aromatic rings. The molecule has 142 valence electrons. The summed E-state index contributed by atoms with van der Waals surface area (Å²) >= 11 is 0. The lowest BCUT2D eigenvalue weighted by Crippen LogP contribution is -2.06. The zero-order chi connectivity index (χ0) is 19.9. The van der Waals surface area contributed by atoms with Crippen LogP contribution in [-0.2, 0) is 6.18 Å². The number of hydrogen-bond donors (Lipinski definition) is 1. The predicted octanol–water partition coefficient (Wildman–Crippen LogP) is 5.15. The van der Waals surface area contributed by atoms with Crippen molar-refractivity contribution in [3.8, 4) is 11.3 Å². The molecule has 2 aromatic carbocycles. The van der Waals surface area contributed by atoms with Crippen molar-refractivity contribution < 1.29 is 13.2 Å². The van der Waals surface area contributed by atoms with Crippen LogP contribution in [0.1, 0.15) is 29.5 Å². The van der Waals surface area contributed by atoms with Crippen LogP contribution in [0.5, 0.6) is 0 Å². The molecule has 0 amide bonds. The number of nitrogens with two attached hydrogens (primary N) is 1. The van der Waals surface area contributed by atoms with Crippen LogP contribution >= 0.6 is 0 Å². The van der Waals surface area contributed by atoms with Crippen molar-refractivity contribution >= 4 is 11.3 Å². The maximum Gasteiger partial charge on any atom is 0.416 e. The highest BCUT2D eigenvalue weighted by atomic mass is 19.4. The van der Waals surface area contributed by atoms with Crippen LogP contribution in [0, 0.1) is 0 Å². The fraction of sp³-hybridized carbons (Fsp3) is 0.143. The maximum absolute atomic E-state index is 13.0. The predicted molar refractivity (Wildman–Crippen MR) is 102 cm³/mol. The van der Waals surface area contributed by atoms with Crippen molar-refractivity contribution in [1.29, 1.82) is 0 Å².